The lowest BCUT2D eigenvalue weighted by Gasteiger charge is -2.12. The van der Waals surface area contributed by atoms with Gasteiger partial charge < -0.3 is 5.32 Å². The minimum Gasteiger partial charge on any atom is -0.353 e. The molecule has 0 fully saturated rings. The summed E-state index contributed by atoms with van der Waals surface area (Å²) < 4.78 is 0. The lowest BCUT2D eigenvalue weighted by atomic mass is 10.1. The Morgan fingerprint density at radius 1 is 1.41 bits per heavy atom. The van der Waals surface area contributed by atoms with Crippen LogP contribution in [0.3, 0.4) is 0 Å². The average Bonchev–Trinajstić information content (AvgIpc) is 2.86. The summed E-state index contributed by atoms with van der Waals surface area (Å²) in [6.45, 7) is 1.96. The Kier molecular flexibility index (Phi) is 2.76. The largest absolute Gasteiger partial charge is 0.353 e. The summed E-state index contributed by atoms with van der Waals surface area (Å²) in [5.41, 5.74) is 2.68. The topological polar surface area (TPSA) is 37.8 Å². The van der Waals surface area contributed by atoms with E-state index in [1.165, 1.54) is 11.1 Å². The molecular formula is C12H12ClN3S. The normalized spacial score (nSPS) is 18.1. The first-order valence-corrected chi connectivity index (χ1v) is 6.77. The van der Waals surface area contributed by atoms with Crippen molar-refractivity contribution in [3.05, 3.63) is 39.4 Å². The van der Waals surface area contributed by atoms with E-state index in [1.807, 2.05) is 13.0 Å². The van der Waals surface area contributed by atoms with E-state index in [9.17, 15) is 0 Å². The van der Waals surface area contributed by atoms with Crippen molar-refractivity contribution in [1.82, 2.24) is 10.2 Å². The highest BCUT2D eigenvalue weighted by atomic mass is 35.5. The smallest absolute Gasteiger partial charge is 0.206 e. The monoisotopic (exact) mass is 265 g/mol. The van der Waals surface area contributed by atoms with Crippen LogP contribution in [0, 0.1) is 6.92 Å². The second-order valence-electron chi connectivity index (χ2n) is 4.20. The van der Waals surface area contributed by atoms with Crippen molar-refractivity contribution in [3.63, 3.8) is 0 Å². The van der Waals surface area contributed by atoms with Crippen molar-refractivity contribution in [1.29, 1.82) is 0 Å². The lowest BCUT2D eigenvalue weighted by molar-refractivity contribution is 0.758. The van der Waals surface area contributed by atoms with Crippen LogP contribution in [0.15, 0.2) is 18.2 Å². The molecule has 0 saturated heterocycles. The fourth-order valence-corrected chi connectivity index (χ4v) is 3.08. The van der Waals surface area contributed by atoms with Crippen LogP contribution in [-0.4, -0.2) is 10.2 Å². The molecule has 1 N–H and O–H groups in total. The highest BCUT2D eigenvalue weighted by Gasteiger charge is 2.23. The number of fused-ring (bicyclic) bond motifs is 1. The Balaban J connectivity index is 1.84. The molecule has 1 aromatic heterocycles. The molecule has 0 spiro atoms. The molecule has 0 bridgehead atoms. The quantitative estimate of drug-likeness (QED) is 0.902. The van der Waals surface area contributed by atoms with Crippen molar-refractivity contribution in [2.24, 2.45) is 0 Å². The van der Waals surface area contributed by atoms with Crippen molar-refractivity contribution in [2.75, 3.05) is 5.32 Å². The Bertz CT molecular complexity index is 552. The predicted molar refractivity (Wildman–Crippen MR) is 70.8 cm³/mol. The molecule has 3 rings (SSSR count). The number of anilines is 1. The Morgan fingerprint density at radius 3 is 3.06 bits per heavy atom. The summed E-state index contributed by atoms with van der Waals surface area (Å²) in [6.07, 6.45) is 2.17. The first kappa shape index (κ1) is 11.0. The molecule has 0 saturated carbocycles. The van der Waals surface area contributed by atoms with Crippen LogP contribution in [0.1, 0.15) is 28.6 Å². The standard InChI is InChI=1S/C12H12ClN3S/c1-7-15-16-12(17-7)14-11-5-2-8-6-9(13)3-4-10(8)11/h3-4,6,11H,2,5H2,1H3,(H,14,16). The van der Waals surface area contributed by atoms with Crippen LogP contribution in [0.2, 0.25) is 5.02 Å². The van der Waals surface area contributed by atoms with Gasteiger partial charge in [0.2, 0.25) is 5.13 Å². The van der Waals surface area contributed by atoms with E-state index in [2.05, 4.69) is 27.6 Å². The molecule has 1 atom stereocenters. The van der Waals surface area contributed by atoms with Crippen molar-refractivity contribution < 1.29 is 0 Å². The zero-order valence-electron chi connectivity index (χ0n) is 9.40. The van der Waals surface area contributed by atoms with Gasteiger partial charge in [0.15, 0.2) is 0 Å². The molecular weight excluding hydrogens is 254 g/mol. The van der Waals surface area contributed by atoms with E-state index in [0.717, 1.165) is 28.0 Å². The first-order valence-electron chi connectivity index (χ1n) is 5.57. The molecule has 1 aliphatic rings. The van der Waals surface area contributed by atoms with E-state index < -0.39 is 0 Å². The summed E-state index contributed by atoms with van der Waals surface area (Å²) in [6, 6.07) is 6.46. The van der Waals surface area contributed by atoms with Crippen LogP contribution >= 0.6 is 22.9 Å². The van der Waals surface area contributed by atoms with Gasteiger partial charge in [-0.3, -0.25) is 0 Å². The highest BCUT2D eigenvalue weighted by molar-refractivity contribution is 7.15. The molecule has 88 valence electrons. The van der Waals surface area contributed by atoms with Crippen LogP contribution in [0.5, 0.6) is 0 Å². The van der Waals surface area contributed by atoms with Gasteiger partial charge in [0, 0.05) is 5.02 Å². The van der Waals surface area contributed by atoms with Crippen LogP contribution in [0.25, 0.3) is 0 Å². The third kappa shape index (κ3) is 2.15. The SMILES string of the molecule is Cc1nnc(NC2CCc3cc(Cl)ccc32)s1. The number of benzene rings is 1. The van der Waals surface area contributed by atoms with Gasteiger partial charge in [-0.2, -0.15) is 0 Å². The molecule has 1 unspecified atom stereocenters. The number of nitrogens with one attached hydrogen (secondary N) is 1. The Hall–Kier alpha value is -1.13. The molecule has 1 heterocycles. The number of aryl methyl sites for hydroxylation is 2. The molecule has 17 heavy (non-hydrogen) atoms. The molecule has 1 aromatic carbocycles. The third-order valence-corrected chi connectivity index (χ3v) is 4.01. The first-order chi connectivity index (χ1) is 8.22. The van der Waals surface area contributed by atoms with E-state index in [1.54, 1.807) is 11.3 Å². The maximum absolute atomic E-state index is 5.99. The second-order valence-corrected chi connectivity index (χ2v) is 5.82. The molecule has 0 amide bonds. The van der Waals surface area contributed by atoms with Gasteiger partial charge in [0.05, 0.1) is 6.04 Å². The number of hydrogen-bond acceptors (Lipinski definition) is 4. The van der Waals surface area contributed by atoms with Gasteiger partial charge in [-0.15, -0.1) is 10.2 Å². The van der Waals surface area contributed by atoms with Gasteiger partial charge in [0.1, 0.15) is 5.01 Å². The zero-order chi connectivity index (χ0) is 11.8. The van der Waals surface area contributed by atoms with Crippen molar-refractivity contribution in [3.8, 4) is 0 Å². The van der Waals surface area contributed by atoms with Crippen molar-refractivity contribution in [2.45, 2.75) is 25.8 Å². The van der Waals surface area contributed by atoms with Gasteiger partial charge in [-0.1, -0.05) is 29.0 Å². The lowest BCUT2D eigenvalue weighted by Crippen LogP contribution is -2.06. The average molecular weight is 266 g/mol. The maximum atomic E-state index is 5.99. The van der Waals surface area contributed by atoms with E-state index in [0.29, 0.717) is 6.04 Å². The van der Waals surface area contributed by atoms with Gasteiger partial charge in [-0.05, 0) is 43.0 Å². The second kappa shape index (κ2) is 4.27. The predicted octanol–water partition coefficient (Wildman–Crippen LogP) is 3.60. The highest BCUT2D eigenvalue weighted by Crippen LogP contribution is 2.35. The third-order valence-electron chi connectivity index (χ3n) is 3.01. The molecule has 2 aromatic rings. The summed E-state index contributed by atoms with van der Waals surface area (Å²) >= 11 is 7.59. The van der Waals surface area contributed by atoms with Gasteiger partial charge in [-0.25, -0.2) is 0 Å². The van der Waals surface area contributed by atoms with Crippen LogP contribution in [-0.2, 0) is 6.42 Å². The minimum absolute atomic E-state index is 0.342. The van der Waals surface area contributed by atoms with E-state index >= 15 is 0 Å². The molecule has 0 aliphatic heterocycles. The summed E-state index contributed by atoms with van der Waals surface area (Å²) in [7, 11) is 0. The Morgan fingerprint density at radius 2 is 2.29 bits per heavy atom. The van der Waals surface area contributed by atoms with E-state index in [-0.39, 0.29) is 0 Å². The molecule has 1 aliphatic carbocycles. The molecule has 5 heteroatoms. The fourth-order valence-electron chi connectivity index (χ4n) is 2.24. The molecule has 0 radical (unpaired) electrons. The number of hydrogen-bond donors (Lipinski definition) is 1. The summed E-state index contributed by atoms with van der Waals surface area (Å²) in [5.74, 6) is 0. The minimum atomic E-state index is 0.342. The maximum Gasteiger partial charge on any atom is 0.206 e. The zero-order valence-corrected chi connectivity index (χ0v) is 11.0. The van der Waals surface area contributed by atoms with Crippen LogP contribution in [0.4, 0.5) is 5.13 Å². The van der Waals surface area contributed by atoms with Gasteiger partial charge >= 0.3 is 0 Å². The molecule has 3 nitrogen and oxygen atoms in total. The number of aromatic nitrogens is 2. The van der Waals surface area contributed by atoms with Gasteiger partial charge in [0.25, 0.3) is 0 Å². The summed E-state index contributed by atoms with van der Waals surface area (Å²) in [5, 5.41) is 14.3. The number of rotatable bonds is 2. The number of nitrogens with zero attached hydrogens (tertiary/aromatic N) is 2. The van der Waals surface area contributed by atoms with Crippen LogP contribution < -0.4 is 5.32 Å². The van der Waals surface area contributed by atoms with E-state index in [4.69, 9.17) is 11.6 Å². The van der Waals surface area contributed by atoms with Crippen molar-refractivity contribution >= 4 is 28.1 Å². The Labute approximate surface area is 109 Å². The summed E-state index contributed by atoms with van der Waals surface area (Å²) in [4.78, 5) is 0. The fraction of sp³-hybridized carbons (Fsp3) is 0.333. The number of halogens is 1.